The van der Waals surface area contributed by atoms with Gasteiger partial charge in [-0.15, -0.1) is 0 Å². The molecule has 98 valence electrons. The maximum Gasteiger partial charge on any atom is 0.259 e. The predicted octanol–water partition coefficient (Wildman–Crippen LogP) is 3.23. The summed E-state index contributed by atoms with van der Waals surface area (Å²) in [5, 5.41) is 12.0. The number of amides is 1. The van der Waals surface area contributed by atoms with Crippen molar-refractivity contribution in [2.24, 2.45) is 0 Å². The first kappa shape index (κ1) is 13.0. The second-order valence-corrected chi connectivity index (χ2v) is 4.07. The Labute approximate surface area is 108 Å². The lowest BCUT2D eigenvalue weighted by Gasteiger charge is -2.09. The third-order valence-electron chi connectivity index (χ3n) is 2.65. The molecule has 0 atom stereocenters. The average Bonchev–Trinajstić information content (AvgIpc) is 2.33. The van der Waals surface area contributed by atoms with Gasteiger partial charge in [-0.05, 0) is 36.8 Å². The molecule has 0 aliphatic rings. The molecular formula is C14H11F2NO2. The summed E-state index contributed by atoms with van der Waals surface area (Å²) in [6.45, 7) is 1.71. The molecule has 3 nitrogen and oxygen atoms in total. The Morgan fingerprint density at radius 2 is 1.74 bits per heavy atom. The van der Waals surface area contributed by atoms with E-state index in [0.29, 0.717) is 11.3 Å². The molecule has 0 saturated carbocycles. The highest BCUT2D eigenvalue weighted by atomic mass is 19.1. The van der Waals surface area contributed by atoms with Gasteiger partial charge in [0.25, 0.3) is 5.91 Å². The molecule has 1 amide bonds. The third-order valence-corrected chi connectivity index (χ3v) is 2.65. The van der Waals surface area contributed by atoms with E-state index >= 15 is 0 Å². The monoisotopic (exact) mass is 263 g/mol. The SMILES string of the molecule is Cc1ccc(F)cc1NC(=O)c1ccc(F)cc1O. The molecule has 0 fully saturated rings. The third kappa shape index (κ3) is 2.88. The van der Waals surface area contributed by atoms with E-state index in [9.17, 15) is 18.7 Å². The van der Waals surface area contributed by atoms with Gasteiger partial charge >= 0.3 is 0 Å². The van der Waals surface area contributed by atoms with Crippen molar-refractivity contribution < 1.29 is 18.7 Å². The molecule has 0 saturated heterocycles. The molecule has 0 spiro atoms. The minimum atomic E-state index is -0.643. The number of carbonyl (C=O) groups is 1. The van der Waals surface area contributed by atoms with Gasteiger partial charge in [-0.25, -0.2) is 8.78 Å². The van der Waals surface area contributed by atoms with E-state index in [1.807, 2.05) is 0 Å². The van der Waals surface area contributed by atoms with Gasteiger partial charge < -0.3 is 10.4 Å². The van der Waals surface area contributed by atoms with Gasteiger partial charge in [0, 0.05) is 11.8 Å². The van der Waals surface area contributed by atoms with Crippen molar-refractivity contribution in [2.45, 2.75) is 6.92 Å². The van der Waals surface area contributed by atoms with Crippen LogP contribution in [0.5, 0.6) is 5.75 Å². The topological polar surface area (TPSA) is 49.3 Å². The summed E-state index contributed by atoms with van der Waals surface area (Å²) in [7, 11) is 0. The second-order valence-electron chi connectivity index (χ2n) is 4.07. The molecule has 2 aromatic rings. The van der Waals surface area contributed by atoms with E-state index < -0.39 is 23.3 Å². The van der Waals surface area contributed by atoms with Crippen LogP contribution in [-0.4, -0.2) is 11.0 Å². The number of hydrogen-bond acceptors (Lipinski definition) is 2. The van der Waals surface area contributed by atoms with Crippen LogP contribution in [-0.2, 0) is 0 Å². The zero-order valence-electron chi connectivity index (χ0n) is 10.1. The Morgan fingerprint density at radius 1 is 1.11 bits per heavy atom. The number of phenolic OH excluding ortho intramolecular Hbond substituents is 1. The van der Waals surface area contributed by atoms with Crippen molar-refractivity contribution in [1.82, 2.24) is 0 Å². The summed E-state index contributed by atoms with van der Waals surface area (Å²) in [4.78, 5) is 11.9. The Morgan fingerprint density at radius 3 is 2.42 bits per heavy atom. The lowest BCUT2D eigenvalue weighted by atomic mass is 10.1. The molecule has 0 radical (unpaired) electrons. The molecule has 0 heterocycles. The van der Waals surface area contributed by atoms with Crippen LogP contribution in [0.1, 0.15) is 15.9 Å². The molecule has 0 aliphatic heterocycles. The largest absolute Gasteiger partial charge is 0.507 e. The molecule has 2 aromatic carbocycles. The van der Waals surface area contributed by atoms with Crippen molar-refractivity contribution in [2.75, 3.05) is 5.32 Å². The molecular weight excluding hydrogens is 252 g/mol. The summed E-state index contributed by atoms with van der Waals surface area (Å²) in [5.74, 6) is -2.22. The van der Waals surface area contributed by atoms with Gasteiger partial charge in [-0.1, -0.05) is 6.07 Å². The van der Waals surface area contributed by atoms with Gasteiger partial charge in [-0.2, -0.15) is 0 Å². The minimum absolute atomic E-state index is 0.0786. The lowest BCUT2D eigenvalue weighted by Crippen LogP contribution is -2.13. The van der Waals surface area contributed by atoms with Crippen LogP contribution in [0, 0.1) is 18.6 Å². The van der Waals surface area contributed by atoms with E-state index in [0.717, 1.165) is 18.2 Å². The van der Waals surface area contributed by atoms with Crippen LogP contribution in [0.2, 0.25) is 0 Å². The molecule has 0 unspecified atom stereocenters. The number of carbonyl (C=O) groups excluding carboxylic acids is 1. The number of anilines is 1. The van der Waals surface area contributed by atoms with Crippen LogP contribution in [0.4, 0.5) is 14.5 Å². The Hall–Kier alpha value is -2.43. The first-order valence-corrected chi connectivity index (χ1v) is 5.53. The molecule has 5 heteroatoms. The van der Waals surface area contributed by atoms with Crippen molar-refractivity contribution in [3.05, 3.63) is 59.2 Å². The lowest BCUT2D eigenvalue weighted by molar-refractivity contribution is 0.102. The van der Waals surface area contributed by atoms with Gasteiger partial charge in [0.1, 0.15) is 17.4 Å². The number of aromatic hydroxyl groups is 1. The van der Waals surface area contributed by atoms with E-state index in [1.165, 1.54) is 18.2 Å². The zero-order chi connectivity index (χ0) is 14.0. The second kappa shape index (κ2) is 5.06. The zero-order valence-corrected chi connectivity index (χ0v) is 10.1. The minimum Gasteiger partial charge on any atom is -0.507 e. The number of hydrogen-bond donors (Lipinski definition) is 2. The van der Waals surface area contributed by atoms with E-state index in [-0.39, 0.29) is 5.56 Å². The number of phenols is 1. The average molecular weight is 263 g/mol. The van der Waals surface area contributed by atoms with E-state index in [4.69, 9.17) is 0 Å². The predicted molar refractivity (Wildman–Crippen MR) is 67.2 cm³/mol. The first-order chi connectivity index (χ1) is 8.97. The molecule has 0 aliphatic carbocycles. The Balaban J connectivity index is 2.28. The van der Waals surface area contributed by atoms with Crippen molar-refractivity contribution in [1.29, 1.82) is 0 Å². The summed E-state index contributed by atoms with van der Waals surface area (Å²) in [6.07, 6.45) is 0. The normalized spacial score (nSPS) is 10.3. The highest BCUT2D eigenvalue weighted by molar-refractivity contribution is 6.06. The fraction of sp³-hybridized carbons (Fsp3) is 0.0714. The Bertz CT molecular complexity index is 641. The van der Waals surface area contributed by atoms with Gasteiger partial charge in [0.15, 0.2) is 0 Å². The van der Waals surface area contributed by atoms with Crippen LogP contribution in [0.15, 0.2) is 36.4 Å². The highest BCUT2D eigenvalue weighted by Crippen LogP contribution is 2.21. The van der Waals surface area contributed by atoms with Crippen molar-refractivity contribution >= 4 is 11.6 Å². The number of halogens is 2. The summed E-state index contributed by atoms with van der Waals surface area (Å²) in [6, 6.07) is 7.04. The number of aryl methyl sites for hydroxylation is 1. The number of rotatable bonds is 2. The van der Waals surface area contributed by atoms with Gasteiger partial charge in [0.2, 0.25) is 0 Å². The summed E-state index contributed by atoms with van der Waals surface area (Å²) < 4.78 is 25.9. The van der Waals surface area contributed by atoms with Crippen LogP contribution >= 0.6 is 0 Å². The van der Waals surface area contributed by atoms with Gasteiger partial charge in [-0.3, -0.25) is 4.79 Å². The maximum atomic E-state index is 13.1. The van der Waals surface area contributed by atoms with Crippen LogP contribution in [0.25, 0.3) is 0 Å². The highest BCUT2D eigenvalue weighted by Gasteiger charge is 2.13. The van der Waals surface area contributed by atoms with Crippen molar-refractivity contribution in [3.63, 3.8) is 0 Å². The van der Waals surface area contributed by atoms with Gasteiger partial charge in [0.05, 0.1) is 5.56 Å². The number of benzene rings is 2. The summed E-state index contributed by atoms with van der Waals surface area (Å²) in [5.41, 5.74) is 0.898. The fourth-order valence-corrected chi connectivity index (χ4v) is 1.62. The van der Waals surface area contributed by atoms with E-state index in [1.54, 1.807) is 6.92 Å². The van der Waals surface area contributed by atoms with Crippen LogP contribution in [0.3, 0.4) is 0 Å². The van der Waals surface area contributed by atoms with Crippen LogP contribution < -0.4 is 5.32 Å². The van der Waals surface area contributed by atoms with Crippen molar-refractivity contribution in [3.8, 4) is 5.75 Å². The molecule has 2 rings (SSSR count). The first-order valence-electron chi connectivity index (χ1n) is 5.53. The Kier molecular flexibility index (Phi) is 3.46. The molecule has 2 N–H and O–H groups in total. The molecule has 19 heavy (non-hydrogen) atoms. The quantitative estimate of drug-likeness (QED) is 0.873. The molecule has 0 aromatic heterocycles. The number of nitrogens with one attached hydrogen (secondary N) is 1. The maximum absolute atomic E-state index is 13.1. The van der Waals surface area contributed by atoms with E-state index in [2.05, 4.69) is 5.32 Å². The summed E-state index contributed by atoms with van der Waals surface area (Å²) >= 11 is 0. The smallest absolute Gasteiger partial charge is 0.259 e. The molecule has 0 bridgehead atoms. The standard InChI is InChI=1S/C14H11F2NO2/c1-8-2-3-9(15)6-12(8)17-14(19)11-5-4-10(16)7-13(11)18/h2-7,18H,1H3,(H,17,19). The fourth-order valence-electron chi connectivity index (χ4n) is 1.62.